The van der Waals surface area contributed by atoms with Crippen LogP contribution in [0.5, 0.6) is 0 Å². The number of nitrogens with two attached hydrogens (primary N) is 1. The van der Waals surface area contributed by atoms with Gasteiger partial charge in [0.1, 0.15) is 5.69 Å². The van der Waals surface area contributed by atoms with Crippen LogP contribution in [0, 0.1) is 0 Å². The van der Waals surface area contributed by atoms with E-state index in [2.05, 4.69) is 26.3 Å². The van der Waals surface area contributed by atoms with Gasteiger partial charge in [-0.05, 0) is 29.8 Å². The number of pyridine rings is 1. The molecule has 0 unspecified atom stereocenters. The quantitative estimate of drug-likeness (QED) is 0.665. The predicted molar refractivity (Wildman–Crippen MR) is 82.0 cm³/mol. The maximum atomic E-state index is 12.3. The van der Waals surface area contributed by atoms with Crippen LogP contribution in [-0.2, 0) is 6.54 Å². The fourth-order valence-corrected chi connectivity index (χ4v) is 2.03. The van der Waals surface area contributed by atoms with Crippen molar-refractivity contribution >= 4 is 27.5 Å². The number of hydrazine groups is 1. The average molecular weight is 335 g/mol. The number of hydrogen-bond acceptors (Lipinski definition) is 4. The monoisotopic (exact) mass is 334 g/mol. The first-order chi connectivity index (χ1) is 9.60. The van der Waals surface area contributed by atoms with Gasteiger partial charge in [-0.25, -0.2) is 0 Å². The third kappa shape index (κ3) is 3.55. The van der Waals surface area contributed by atoms with Gasteiger partial charge in [0.2, 0.25) is 0 Å². The van der Waals surface area contributed by atoms with E-state index in [9.17, 15) is 4.79 Å². The van der Waals surface area contributed by atoms with Gasteiger partial charge in [0.05, 0.1) is 5.69 Å². The number of anilines is 1. The zero-order valence-electron chi connectivity index (χ0n) is 11.0. The van der Waals surface area contributed by atoms with Gasteiger partial charge in [0.15, 0.2) is 0 Å². The number of carbonyl (C=O) groups excluding carboxylic acids is 1. The van der Waals surface area contributed by atoms with Crippen LogP contribution in [0.1, 0.15) is 16.1 Å². The zero-order valence-corrected chi connectivity index (χ0v) is 12.6. The highest BCUT2D eigenvalue weighted by Gasteiger charge is 2.13. The number of nitrogens with zero attached hydrogens (tertiary/aromatic N) is 2. The van der Waals surface area contributed by atoms with E-state index in [0.717, 1.165) is 10.0 Å². The molecule has 0 saturated carbocycles. The number of benzene rings is 1. The molecule has 2 aromatic rings. The second kappa shape index (κ2) is 6.49. The van der Waals surface area contributed by atoms with Crippen LogP contribution >= 0.6 is 15.9 Å². The average Bonchev–Trinajstić information content (AvgIpc) is 2.48. The Morgan fingerprint density at radius 3 is 2.70 bits per heavy atom. The Balaban J connectivity index is 2.09. The van der Waals surface area contributed by atoms with Crippen molar-refractivity contribution in [2.75, 3.05) is 12.5 Å². The molecule has 1 heterocycles. The van der Waals surface area contributed by atoms with Gasteiger partial charge in [-0.3, -0.25) is 15.6 Å². The molecule has 0 atom stereocenters. The number of halogens is 1. The van der Waals surface area contributed by atoms with Crippen LogP contribution < -0.4 is 11.3 Å². The molecule has 1 aromatic heterocycles. The lowest BCUT2D eigenvalue weighted by Crippen LogP contribution is -2.27. The lowest BCUT2D eigenvalue weighted by atomic mass is 10.2. The Morgan fingerprint density at radius 2 is 2.05 bits per heavy atom. The number of nitrogens with one attached hydrogen (secondary N) is 1. The molecule has 0 radical (unpaired) electrons. The van der Waals surface area contributed by atoms with E-state index < -0.39 is 0 Å². The van der Waals surface area contributed by atoms with Gasteiger partial charge in [-0.15, -0.1) is 0 Å². The van der Waals surface area contributed by atoms with Gasteiger partial charge >= 0.3 is 0 Å². The SMILES string of the molecule is CN(Cc1ccc(Br)cc1)C(=O)c1cc(NN)ccn1. The molecule has 0 bridgehead atoms. The third-order valence-electron chi connectivity index (χ3n) is 2.83. The minimum atomic E-state index is -0.148. The van der Waals surface area contributed by atoms with E-state index in [4.69, 9.17) is 5.84 Å². The molecule has 20 heavy (non-hydrogen) atoms. The largest absolute Gasteiger partial charge is 0.336 e. The van der Waals surface area contributed by atoms with Crippen molar-refractivity contribution in [1.82, 2.24) is 9.88 Å². The highest BCUT2D eigenvalue weighted by atomic mass is 79.9. The summed E-state index contributed by atoms with van der Waals surface area (Å²) in [4.78, 5) is 18.0. The van der Waals surface area contributed by atoms with Gasteiger partial charge in [0, 0.05) is 24.3 Å². The highest BCUT2D eigenvalue weighted by molar-refractivity contribution is 9.10. The summed E-state index contributed by atoms with van der Waals surface area (Å²) in [6.45, 7) is 0.522. The molecule has 0 aliphatic carbocycles. The highest BCUT2D eigenvalue weighted by Crippen LogP contribution is 2.13. The third-order valence-corrected chi connectivity index (χ3v) is 3.35. The Bertz CT molecular complexity index is 600. The molecule has 3 N–H and O–H groups in total. The number of carbonyl (C=O) groups is 1. The number of nitrogen functional groups attached to an aromatic ring is 1. The Hall–Kier alpha value is -1.92. The molecular formula is C14H15BrN4O. The number of rotatable bonds is 4. The van der Waals surface area contributed by atoms with Crippen molar-refractivity contribution in [1.29, 1.82) is 0 Å². The van der Waals surface area contributed by atoms with Crippen LogP contribution in [0.25, 0.3) is 0 Å². The molecule has 104 valence electrons. The summed E-state index contributed by atoms with van der Waals surface area (Å²) in [7, 11) is 1.74. The van der Waals surface area contributed by atoms with Crippen molar-refractivity contribution in [3.8, 4) is 0 Å². The second-order valence-corrected chi connectivity index (χ2v) is 5.28. The van der Waals surface area contributed by atoms with Crippen molar-refractivity contribution in [2.24, 2.45) is 5.84 Å². The summed E-state index contributed by atoms with van der Waals surface area (Å²) < 4.78 is 1.01. The lowest BCUT2D eigenvalue weighted by molar-refractivity contribution is 0.0779. The van der Waals surface area contributed by atoms with Crippen LogP contribution in [0.4, 0.5) is 5.69 Å². The maximum Gasteiger partial charge on any atom is 0.272 e. The summed E-state index contributed by atoms with van der Waals surface area (Å²) >= 11 is 3.38. The van der Waals surface area contributed by atoms with Gasteiger partial charge in [0.25, 0.3) is 5.91 Å². The Morgan fingerprint density at radius 1 is 1.35 bits per heavy atom. The summed E-state index contributed by atoms with van der Waals surface area (Å²) in [5, 5.41) is 0. The number of amides is 1. The lowest BCUT2D eigenvalue weighted by Gasteiger charge is -2.17. The molecule has 0 aliphatic rings. The molecule has 2 rings (SSSR count). The Kier molecular flexibility index (Phi) is 4.70. The molecule has 0 spiro atoms. The topological polar surface area (TPSA) is 71.2 Å². The van der Waals surface area contributed by atoms with Crippen LogP contribution in [-0.4, -0.2) is 22.8 Å². The molecular weight excluding hydrogens is 320 g/mol. The summed E-state index contributed by atoms with van der Waals surface area (Å²) in [6, 6.07) is 11.2. The van der Waals surface area contributed by atoms with Crippen LogP contribution in [0.2, 0.25) is 0 Å². The van der Waals surface area contributed by atoms with E-state index in [1.54, 1.807) is 30.3 Å². The zero-order chi connectivity index (χ0) is 14.5. The normalized spacial score (nSPS) is 10.2. The van der Waals surface area contributed by atoms with Gasteiger partial charge in [-0.1, -0.05) is 28.1 Å². The minimum Gasteiger partial charge on any atom is -0.336 e. The van der Waals surface area contributed by atoms with Gasteiger partial charge < -0.3 is 10.3 Å². The van der Waals surface area contributed by atoms with Crippen molar-refractivity contribution < 1.29 is 4.79 Å². The predicted octanol–water partition coefficient (Wildman–Crippen LogP) is 2.40. The van der Waals surface area contributed by atoms with Crippen molar-refractivity contribution in [3.63, 3.8) is 0 Å². The van der Waals surface area contributed by atoms with E-state index in [1.807, 2.05) is 24.3 Å². The number of hydrogen-bond donors (Lipinski definition) is 2. The van der Waals surface area contributed by atoms with E-state index in [-0.39, 0.29) is 5.91 Å². The first-order valence-electron chi connectivity index (χ1n) is 6.02. The molecule has 0 fully saturated rings. The van der Waals surface area contributed by atoms with Gasteiger partial charge in [-0.2, -0.15) is 0 Å². The van der Waals surface area contributed by atoms with Crippen LogP contribution in [0.15, 0.2) is 47.1 Å². The smallest absolute Gasteiger partial charge is 0.272 e. The minimum absolute atomic E-state index is 0.148. The molecule has 5 nitrogen and oxygen atoms in total. The van der Waals surface area contributed by atoms with Crippen molar-refractivity contribution in [3.05, 3.63) is 58.3 Å². The molecule has 1 amide bonds. The molecule has 0 aliphatic heterocycles. The second-order valence-electron chi connectivity index (χ2n) is 4.36. The van der Waals surface area contributed by atoms with E-state index >= 15 is 0 Å². The van der Waals surface area contributed by atoms with E-state index in [0.29, 0.717) is 17.9 Å². The van der Waals surface area contributed by atoms with Crippen LogP contribution in [0.3, 0.4) is 0 Å². The summed E-state index contributed by atoms with van der Waals surface area (Å²) in [6.07, 6.45) is 1.55. The molecule has 1 aromatic carbocycles. The molecule has 0 saturated heterocycles. The summed E-state index contributed by atoms with van der Waals surface area (Å²) in [5.41, 5.74) is 4.57. The Labute approximate surface area is 125 Å². The fourth-order valence-electron chi connectivity index (χ4n) is 1.77. The first-order valence-corrected chi connectivity index (χ1v) is 6.82. The van der Waals surface area contributed by atoms with E-state index in [1.165, 1.54) is 0 Å². The standard InChI is InChI=1S/C14H15BrN4O/c1-19(9-10-2-4-11(15)5-3-10)14(20)13-8-12(18-16)6-7-17-13/h2-8H,9,16H2,1H3,(H,17,18). The maximum absolute atomic E-state index is 12.3. The summed E-state index contributed by atoms with van der Waals surface area (Å²) in [5.74, 6) is 5.18. The number of aromatic nitrogens is 1. The molecule has 6 heteroatoms. The van der Waals surface area contributed by atoms with Crippen molar-refractivity contribution in [2.45, 2.75) is 6.54 Å². The fraction of sp³-hybridized carbons (Fsp3) is 0.143. The first kappa shape index (κ1) is 14.5.